The molecule has 6 nitrogen and oxygen atoms in total. The van der Waals surface area contributed by atoms with Gasteiger partial charge in [0.05, 0.1) is 17.6 Å². The molecule has 2 heterocycles. The predicted molar refractivity (Wildman–Crippen MR) is 97.4 cm³/mol. The van der Waals surface area contributed by atoms with Crippen molar-refractivity contribution >= 4 is 15.9 Å². The zero-order chi connectivity index (χ0) is 18.5. The van der Waals surface area contributed by atoms with Crippen LogP contribution in [0, 0.1) is 5.92 Å². The van der Waals surface area contributed by atoms with Gasteiger partial charge >= 0.3 is 0 Å². The number of hydrogen-bond donors (Lipinski definition) is 1. The summed E-state index contributed by atoms with van der Waals surface area (Å²) >= 11 is 0. The van der Waals surface area contributed by atoms with Crippen LogP contribution in [0.25, 0.3) is 0 Å². The number of fused-ring (bicyclic) bond motifs is 2. The summed E-state index contributed by atoms with van der Waals surface area (Å²) in [5.74, 6) is 0.301. The summed E-state index contributed by atoms with van der Waals surface area (Å²) in [4.78, 5) is 11.8. The fourth-order valence-corrected chi connectivity index (χ4v) is 6.19. The Morgan fingerprint density at radius 1 is 1.19 bits per heavy atom. The molecular formula is C19H24N2O4S. The van der Waals surface area contributed by atoms with Crippen molar-refractivity contribution < 1.29 is 17.9 Å². The molecule has 2 atom stereocenters. The molecule has 0 radical (unpaired) electrons. The highest BCUT2D eigenvalue weighted by atomic mass is 32.2. The average Bonchev–Trinajstić information content (AvgIpc) is 3.37. The molecule has 2 bridgehead atoms. The summed E-state index contributed by atoms with van der Waals surface area (Å²) < 4.78 is 33.3. The molecule has 4 rings (SSSR count). The fourth-order valence-electron chi connectivity index (χ4n) is 4.30. The lowest BCUT2D eigenvalue weighted by Crippen LogP contribution is -2.44. The summed E-state index contributed by atoms with van der Waals surface area (Å²) in [5.41, 5.74) is 6.89. The second kappa shape index (κ2) is 6.39. The number of benzene rings is 1. The van der Waals surface area contributed by atoms with Crippen LogP contribution in [0.1, 0.15) is 48.9 Å². The molecule has 0 aromatic heterocycles. The Bertz CT molecular complexity index is 858. The third-order valence-corrected chi connectivity index (χ3v) is 7.65. The number of rotatable bonds is 5. The standard InChI is InChI=1S/C19H24N2O4S/c1-25-18-7-6-16(11-17(18)19(20)22)26(23,24)21-14-4-5-15(21)10-13(9-14)8-12-2-3-12/h6-8,11-12,14-15H,2-5,9-10H2,1H3,(H2,20,22). The van der Waals surface area contributed by atoms with Gasteiger partial charge in [0.25, 0.3) is 5.91 Å². The number of nitrogens with zero attached hydrogens (tertiary/aromatic N) is 1. The van der Waals surface area contributed by atoms with Crippen LogP contribution in [0.3, 0.4) is 0 Å². The van der Waals surface area contributed by atoms with E-state index in [1.807, 2.05) is 0 Å². The van der Waals surface area contributed by atoms with Gasteiger partial charge in [-0.25, -0.2) is 8.42 Å². The number of hydrogen-bond acceptors (Lipinski definition) is 4. The van der Waals surface area contributed by atoms with E-state index >= 15 is 0 Å². The van der Waals surface area contributed by atoms with Crippen molar-refractivity contribution in [2.45, 2.75) is 55.5 Å². The van der Waals surface area contributed by atoms with Crippen LogP contribution in [0.15, 0.2) is 34.7 Å². The zero-order valence-corrected chi connectivity index (χ0v) is 15.7. The van der Waals surface area contributed by atoms with Gasteiger partial charge in [-0.15, -0.1) is 0 Å². The fraction of sp³-hybridized carbons (Fsp3) is 0.526. The van der Waals surface area contributed by atoms with Crippen molar-refractivity contribution in [1.29, 1.82) is 0 Å². The molecule has 140 valence electrons. The van der Waals surface area contributed by atoms with Gasteiger partial charge in [-0.2, -0.15) is 4.31 Å². The largest absolute Gasteiger partial charge is 0.496 e. The normalized spacial score (nSPS) is 26.0. The number of sulfonamides is 1. The third-order valence-electron chi connectivity index (χ3n) is 5.65. The van der Waals surface area contributed by atoms with Crippen LogP contribution in [0.4, 0.5) is 0 Å². The second-order valence-electron chi connectivity index (χ2n) is 7.52. The van der Waals surface area contributed by atoms with Gasteiger partial charge in [0.1, 0.15) is 5.75 Å². The van der Waals surface area contributed by atoms with E-state index < -0.39 is 15.9 Å². The lowest BCUT2D eigenvalue weighted by molar-refractivity contribution is 0.0997. The van der Waals surface area contributed by atoms with E-state index in [0.717, 1.165) is 25.7 Å². The topological polar surface area (TPSA) is 89.7 Å². The first kappa shape index (κ1) is 17.5. The zero-order valence-electron chi connectivity index (χ0n) is 14.8. The highest BCUT2D eigenvalue weighted by molar-refractivity contribution is 7.89. The molecule has 1 aliphatic carbocycles. The van der Waals surface area contributed by atoms with Crippen molar-refractivity contribution in [1.82, 2.24) is 4.31 Å². The number of nitrogens with two attached hydrogens (primary N) is 1. The first-order chi connectivity index (χ1) is 12.4. The number of amides is 1. The Hall–Kier alpha value is -1.86. The SMILES string of the molecule is COc1ccc(S(=O)(=O)N2C3CCC2CC(=CC2CC2)C3)cc1C(N)=O. The van der Waals surface area contributed by atoms with E-state index in [0.29, 0.717) is 5.92 Å². The molecule has 3 aliphatic rings. The molecule has 1 aromatic carbocycles. The molecule has 2 N–H and O–H groups in total. The minimum atomic E-state index is -3.67. The van der Waals surface area contributed by atoms with Crippen molar-refractivity contribution in [3.8, 4) is 5.75 Å². The maximum atomic E-state index is 13.3. The van der Waals surface area contributed by atoms with Crippen LogP contribution in [0.5, 0.6) is 5.75 Å². The number of ether oxygens (including phenoxy) is 1. The minimum Gasteiger partial charge on any atom is -0.496 e. The van der Waals surface area contributed by atoms with Crippen LogP contribution < -0.4 is 10.5 Å². The van der Waals surface area contributed by atoms with Crippen LogP contribution in [0.2, 0.25) is 0 Å². The molecule has 2 unspecified atom stereocenters. The molecular weight excluding hydrogens is 352 g/mol. The van der Waals surface area contributed by atoms with Crippen molar-refractivity contribution in [2.75, 3.05) is 7.11 Å². The number of methoxy groups -OCH3 is 1. The third kappa shape index (κ3) is 3.03. The van der Waals surface area contributed by atoms with Gasteiger partial charge in [-0.1, -0.05) is 11.6 Å². The molecule has 3 fully saturated rings. The summed E-state index contributed by atoms with van der Waals surface area (Å²) in [6.07, 6.45) is 8.34. The first-order valence-corrected chi connectivity index (χ1v) is 10.5. The highest BCUT2D eigenvalue weighted by Crippen LogP contribution is 2.44. The molecule has 2 aliphatic heterocycles. The van der Waals surface area contributed by atoms with Gasteiger partial charge in [-0.3, -0.25) is 4.79 Å². The predicted octanol–water partition coefficient (Wildman–Crippen LogP) is 2.45. The number of primary amides is 1. The number of carbonyl (C=O) groups is 1. The van der Waals surface area contributed by atoms with E-state index in [2.05, 4.69) is 6.08 Å². The van der Waals surface area contributed by atoms with Crippen LogP contribution in [-0.2, 0) is 10.0 Å². The van der Waals surface area contributed by atoms with Crippen LogP contribution >= 0.6 is 0 Å². The summed E-state index contributed by atoms with van der Waals surface area (Å²) in [7, 11) is -2.25. The van der Waals surface area contributed by atoms with Crippen molar-refractivity contribution in [3.05, 3.63) is 35.4 Å². The molecule has 0 spiro atoms. The minimum absolute atomic E-state index is 0.0166. The Labute approximate surface area is 154 Å². The van der Waals surface area contributed by atoms with Crippen molar-refractivity contribution in [3.63, 3.8) is 0 Å². The molecule has 1 amide bonds. The molecule has 26 heavy (non-hydrogen) atoms. The van der Waals surface area contributed by atoms with Gasteiger partial charge in [0.15, 0.2) is 0 Å². The lowest BCUT2D eigenvalue weighted by atomic mass is 9.98. The van der Waals surface area contributed by atoms with E-state index in [4.69, 9.17) is 10.5 Å². The van der Waals surface area contributed by atoms with Gasteiger partial charge in [0, 0.05) is 12.1 Å². The molecule has 7 heteroatoms. The lowest BCUT2D eigenvalue weighted by Gasteiger charge is -2.35. The highest BCUT2D eigenvalue weighted by Gasteiger charge is 2.46. The maximum absolute atomic E-state index is 13.3. The monoisotopic (exact) mass is 376 g/mol. The van der Waals surface area contributed by atoms with E-state index in [-0.39, 0.29) is 28.3 Å². The quantitative estimate of drug-likeness (QED) is 0.799. The van der Waals surface area contributed by atoms with E-state index in [1.54, 1.807) is 4.31 Å². The summed E-state index contributed by atoms with van der Waals surface area (Å²) in [6.45, 7) is 0. The number of allylic oxidation sites excluding steroid dienone is 1. The Balaban J connectivity index is 1.65. The van der Waals surface area contributed by atoms with E-state index in [9.17, 15) is 13.2 Å². The molecule has 2 saturated heterocycles. The van der Waals surface area contributed by atoms with Gasteiger partial charge in [0.2, 0.25) is 10.0 Å². The van der Waals surface area contributed by atoms with Crippen LogP contribution in [-0.4, -0.2) is 37.8 Å². The summed E-state index contributed by atoms with van der Waals surface area (Å²) in [6, 6.07) is 4.36. The average molecular weight is 376 g/mol. The molecule has 1 aromatic rings. The Kier molecular flexibility index (Phi) is 4.31. The first-order valence-electron chi connectivity index (χ1n) is 9.11. The smallest absolute Gasteiger partial charge is 0.252 e. The second-order valence-corrected chi connectivity index (χ2v) is 9.36. The number of carbonyl (C=O) groups excluding carboxylic acids is 1. The van der Waals surface area contributed by atoms with Gasteiger partial charge in [-0.05, 0) is 62.6 Å². The summed E-state index contributed by atoms with van der Waals surface area (Å²) in [5, 5.41) is 0. The van der Waals surface area contributed by atoms with Gasteiger partial charge < -0.3 is 10.5 Å². The maximum Gasteiger partial charge on any atom is 0.252 e. The van der Waals surface area contributed by atoms with Crippen molar-refractivity contribution in [2.24, 2.45) is 11.7 Å². The van der Waals surface area contributed by atoms with E-state index in [1.165, 1.54) is 43.7 Å². The Morgan fingerprint density at radius 2 is 1.85 bits per heavy atom. The number of piperidine rings is 1. The Morgan fingerprint density at radius 3 is 2.38 bits per heavy atom. The molecule has 1 saturated carbocycles.